The fourth-order valence-corrected chi connectivity index (χ4v) is 3.54. The van der Waals surface area contributed by atoms with Crippen molar-refractivity contribution in [1.82, 2.24) is 0 Å². The molecule has 0 aliphatic carbocycles. The number of Topliss-reactive ketones (excluding diaryl/α,β-unsaturated/α-hetero) is 1. The van der Waals surface area contributed by atoms with Crippen LogP contribution in [0.15, 0.2) is 29.2 Å². The second-order valence-electron chi connectivity index (χ2n) is 5.06. The van der Waals surface area contributed by atoms with Crippen LogP contribution >= 0.6 is 0 Å². The Kier molecular flexibility index (Phi) is 3.94. The highest BCUT2D eigenvalue weighted by molar-refractivity contribution is 7.90. The van der Waals surface area contributed by atoms with E-state index in [0.717, 1.165) is 25.8 Å². The van der Waals surface area contributed by atoms with Crippen LogP contribution in [0.2, 0.25) is 0 Å². The van der Waals surface area contributed by atoms with Crippen molar-refractivity contribution in [3.05, 3.63) is 24.3 Å². The predicted molar refractivity (Wildman–Crippen MR) is 75.2 cm³/mol. The number of hydrogen-bond donors (Lipinski definition) is 0. The number of carbonyl (C=O) groups is 1. The zero-order valence-electron chi connectivity index (χ0n) is 11.3. The average molecular weight is 281 g/mol. The average Bonchev–Trinajstić information content (AvgIpc) is 2.37. The third kappa shape index (κ3) is 2.97. The van der Waals surface area contributed by atoms with Gasteiger partial charge in [-0.3, -0.25) is 4.79 Å². The number of piperidine rings is 1. The summed E-state index contributed by atoms with van der Waals surface area (Å²) in [5, 5.41) is 0. The second kappa shape index (κ2) is 5.33. The van der Waals surface area contributed by atoms with Crippen LogP contribution in [-0.4, -0.2) is 33.0 Å². The maximum absolute atomic E-state index is 11.9. The van der Waals surface area contributed by atoms with Gasteiger partial charge in [0, 0.05) is 12.8 Å². The molecule has 1 unspecified atom stereocenters. The van der Waals surface area contributed by atoms with E-state index in [-0.39, 0.29) is 11.8 Å². The van der Waals surface area contributed by atoms with Gasteiger partial charge >= 0.3 is 0 Å². The molecule has 1 atom stereocenters. The van der Waals surface area contributed by atoms with E-state index in [1.54, 1.807) is 25.1 Å². The topological polar surface area (TPSA) is 54.5 Å². The molecule has 1 aromatic carbocycles. The van der Waals surface area contributed by atoms with Crippen molar-refractivity contribution in [2.24, 2.45) is 0 Å². The Balaban J connectivity index is 2.48. The van der Waals surface area contributed by atoms with E-state index in [2.05, 4.69) is 0 Å². The number of para-hydroxylation sites is 1. The Morgan fingerprint density at radius 2 is 1.95 bits per heavy atom. The lowest BCUT2D eigenvalue weighted by Crippen LogP contribution is -2.44. The van der Waals surface area contributed by atoms with Crippen molar-refractivity contribution in [3.63, 3.8) is 0 Å². The molecular weight excluding hydrogens is 262 g/mol. The molecule has 19 heavy (non-hydrogen) atoms. The van der Waals surface area contributed by atoms with Gasteiger partial charge in [-0.1, -0.05) is 12.1 Å². The highest BCUT2D eigenvalue weighted by atomic mass is 32.2. The summed E-state index contributed by atoms with van der Waals surface area (Å²) < 4.78 is 23.7. The first-order valence-corrected chi connectivity index (χ1v) is 8.36. The van der Waals surface area contributed by atoms with Gasteiger partial charge in [-0.05, 0) is 38.3 Å². The minimum absolute atomic E-state index is 0.100. The molecule has 2 rings (SSSR count). The largest absolute Gasteiger partial charge is 0.360 e. The number of anilines is 1. The first kappa shape index (κ1) is 14.1. The van der Waals surface area contributed by atoms with E-state index in [1.165, 1.54) is 6.26 Å². The third-order valence-electron chi connectivity index (χ3n) is 3.55. The zero-order valence-corrected chi connectivity index (χ0v) is 12.1. The quantitative estimate of drug-likeness (QED) is 0.850. The van der Waals surface area contributed by atoms with E-state index >= 15 is 0 Å². The number of sulfone groups is 1. The van der Waals surface area contributed by atoms with Crippen molar-refractivity contribution in [2.75, 3.05) is 17.7 Å². The minimum atomic E-state index is -3.28. The van der Waals surface area contributed by atoms with Gasteiger partial charge < -0.3 is 4.90 Å². The van der Waals surface area contributed by atoms with Crippen LogP contribution < -0.4 is 4.90 Å². The van der Waals surface area contributed by atoms with Gasteiger partial charge in [0.25, 0.3) is 0 Å². The number of hydrogen-bond acceptors (Lipinski definition) is 4. The second-order valence-corrected chi connectivity index (χ2v) is 7.04. The summed E-state index contributed by atoms with van der Waals surface area (Å²) in [5.74, 6) is 0.100. The van der Waals surface area contributed by atoms with E-state index < -0.39 is 9.84 Å². The molecule has 0 amide bonds. The van der Waals surface area contributed by atoms with Gasteiger partial charge in [0.15, 0.2) is 15.6 Å². The summed E-state index contributed by atoms with van der Waals surface area (Å²) in [6.07, 6.45) is 4.01. The van der Waals surface area contributed by atoms with Gasteiger partial charge in [0.1, 0.15) is 0 Å². The molecule has 1 saturated heterocycles. The predicted octanol–water partition coefficient (Wildman–Crippen LogP) is 2.04. The lowest BCUT2D eigenvalue weighted by molar-refractivity contribution is -0.118. The molecule has 0 saturated carbocycles. The molecule has 1 aromatic rings. The Labute approximate surface area is 114 Å². The summed E-state index contributed by atoms with van der Waals surface area (Å²) in [6.45, 7) is 2.31. The molecule has 0 N–H and O–H groups in total. The van der Waals surface area contributed by atoms with Crippen LogP contribution in [0, 0.1) is 0 Å². The van der Waals surface area contributed by atoms with Gasteiger partial charge in [0.2, 0.25) is 0 Å². The molecule has 1 fully saturated rings. The fraction of sp³-hybridized carbons (Fsp3) is 0.500. The van der Waals surface area contributed by atoms with Gasteiger partial charge in [-0.25, -0.2) is 8.42 Å². The molecular formula is C14H19NO3S. The van der Waals surface area contributed by atoms with Gasteiger partial charge in [-0.2, -0.15) is 0 Å². The molecule has 0 aromatic heterocycles. The van der Waals surface area contributed by atoms with Gasteiger partial charge in [0.05, 0.1) is 16.6 Å². The molecule has 0 spiro atoms. The zero-order chi connectivity index (χ0) is 14.0. The van der Waals surface area contributed by atoms with E-state index in [1.807, 2.05) is 11.0 Å². The SMILES string of the molecule is CC(=O)C1CCCCN1c1ccccc1S(C)(=O)=O. The molecule has 0 radical (unpaired) electrons. The number of nitrogens with zero attached hydrogens (tertiary/aromatic N) is 1. The van der Waals surface area contributed by atoms with Crippen LogP contribution in [0.25, 0.3) is 0 Å². The number of carbonyl (C=O) groups excluding carboxylic acids is 1. The summed E-state index contributed by atoms with van der Waals surface area (Å²) in [7, 11) is -3.28. The first-order chi connectivity index (χ1) is 8.91. The Hall–Kier alpha value is -1.36. The van der Waals surface area contributed by atoms with Crippen molar-refractivity contribution in [2.45, 2.75) is 37.1 Å². The number of ketones is 1. The fourth-order valence-electron chi connectivity index (χ4n) is 2.65. The van der Waals surface area contributed by atoms with Crippen molar-refractivity contribution >= 4 is 21.3 Å². The molecule has 1 aliphatic rings. The Morgan fingerprint density at radius 3 is 2.58 bits per heavy atom. The van der Waals surface area contributed by atoms with Crippen LogP contribution in [0.5, 0.6) is 0 Å². The Morgan fingerprint density at radius 1 is 1.26 bits per heavy atom. The van der Waals surface area contributed by atoms with Crippen LogP contribution in [0.3, 0.4) is 0 Å². The molecule has 1 aliphatic heterocycles. The van der Waals surface area contributed by atoms with Crippen LogP contribution in [0.4, 0.5) is 5.69 Å². The monoisotopic (exact) mass is 281 g/mol. The Bertz CT molecular complexity index is 580. The third-order valence-corrected chi connectivity index (χ3v) is 4.69. The highest BCUT2D eigenvalue weighted by Crippen LogP contribution is 2.30. The summed E-state index contributed by atoms with van der Waals surface area (Å²) in [6, 6.07) is 6.73. The van der Waals surface area contributed by atoms with Crippen molar-refractivity contribution in [3.8, 4) is 0 Å². The lowest BCUT2D eigenvalue weighted by Gasteiger charge is -2.36. The standard InChI is InChI=1S/C14H19NO3S/c1-11(16)12-7-5-6-10-15(12)13-8-3-4-9-14(13)19(2,17)18/h3-4,8-9,12H,5-7,10H2,1-2H3. The lowest BCUT2D eigenvalue weighted by atomic mass is 9.98. The molecule has 104 valence electrons. The highest BCUT2D eigenvalue weighted by Gasteiger charge is 2.29. The summed E-state index contributed by atoms with van der Waals surface area (Å²) in [5.41, 5.74) is 0.657. The van der Waals surface area contributed by atoms with Gasteiger partial charge in [-0.15, -0.1) is 0 Å². The smallest absolute Gasteiger partial charge is 0.177 e. The molecule has 1 heterocycles. The molecule has 0 bridgehead atoms. The number of benzene rings is 1. The molecule has 4 nitrogen and oxygen atoms in total. The van der Waals surface area contributed by atoms with E-state index in [9.17, 15) is 13.2 Å². The van der Waals surface area contributed by atoms with E-state index in [0.29, 0.717) is 10.6 Å². The summed E-state index contributed by atoms with van der Waals surface area (Å²) >= 11 is 0. The normalized spacial score (nSPS) is 20.3. The summed E-state index contributed by atoms with van der Waals surface area (Å²) in [4.78, 5) is 14.0. The number of rotatable bonds is 3. The maximum atomic E-state index is 11.9. The first-order valence-electron chi connectivity index (χ1n) is 6.47. The van der Waals surface area contributed by atoms with Crippen LogP contribution in [0.1, 0.15) is 26.2 Å². The maximum Gasteiger partial charge on any atom is 0.177 e. The molecule has 5 heteroatoms. The van der Waals surface area contributed by atoms with Crippen molar-refractivity contribution < 1.29 is 13.2 Å². The van der Waals surface area contributed by atoms with Crippen molar-refractivity contribution in [1.29, 1.82) is 0 Å². The van der Waals surface area contributed by atoms with E-state index in [4.69, 9.17) is 0 Å². The van der Waals surface area contributed by atoms with Crippen LogP contribution in [-0.2, 0) is 14.6 Å². The minimum Gasteiger partial charge on any atom is -0.360 e.